The molecule has 0 radical (unpaired) electrons. The van der Waals surface area contributed by atoms with Crippen molar-refractivity contribution in [1.82, 2.24) is 0 Å². The Bertz CT molecular complexity index is 948. The van der Waals surface area contributed by atoms with Gasteiger partial charge in [0.05, 0.1) is 19.3 Å². The molecule has 0 saturated carbocycles. The van der Waals surface area contributed by atoms with Gasteiger partial charge in [0, 0.05) is 11.3 Å². The van der Waals surface area contributed by atoms with E-state index in [1.807, 2.05) is 0 Å². The summed E-state index contributed by atoms with van der Waals surface area (Å²) in [5.41, 5.74) is -4.38. The van der Waals surface area contributed by atoms with E-state index >= 15 is 0 Å². The summed E-state index contributed by atoms with van der Waals surface area (Å²) in [5.74, 6) is -0.760. The number of nitrogens with zero attached hydrogens (tertiary/aromatic N) is 1. The lowest BCUT2D eigenvalue weighted by Crippen LogP contribution is -2.57. The molecule has 1 aliphatic heterocycles. The molecular formula is C18H14F4N2O5. The fraction of sp³-hybridized carbons (Fsp3) is 0.222. The number of carbonyl (C=O) groups excluding carboxylic acids is 1. The van der Waals surface area contributed by atoms with Gasteiger partial charge in [0.15, 0.2) is 0 Å². The first kappa shape index (κ1) is 20.2. The van der Waals surface area contributed by atoms with Gasteiger partial charge in [0.2, 0.25) is 0 Å². The maximum Gasteiger partial charge on any atom is 0.434 e. The van der Waals surface area contributed by atoms with Crippen LogP contribution >= 0.6 is 0 Å². The Balaban J connectivity index is 2.20. The highest BCUT2D eigenvalue weighted by atomic mass is 19.4. The molecule has 1 heterocycles. The van der Waals surface area contributed by atoms with Crippen molar-refractivity contribution in [2.45, 2.75) is 11.8 Å². The molecular weight excluding hydrogens is 400 g/mol. The molecule has 3 rings (SSSR count). The van der Waals surface area contributed by atoms with E-state index in [0.29, 0.717) is 4.90 Å². The predicted molar refractivity (Wildman–Crippen MR) is 92.6 cm³/mol. The van der Waals surface area contributed by atoms with Crippen molar-refractivity contribution >= 4 is 23.6 Å². The smallest absolute Gasteiger partial charge is 0.434 e. The molecule has 1 atom stereocenters. The van der Waals surface area contributed by atoms with Gasteiger partial charge in [-0.15, -0.1) is 0 Å². The lowest BCUT2D eigenvalue weighted by atomic mass is 9.88. The number of anilines is 2. The maximum absolute atomic E-state index is 14.3. The standard InChI is InChI=1S/C18H14F4N2O5/c1-28-13-4-2-3-12-14(13)23-15(25)29-17(12,18(20,21)22)9-24(16(26)27)11-7-5-10(19)6-8-11/h2-8H,9H2,1H3,(H,23,25)(H,26,27). The third-order valence-electron chi connectivity index (χ3n) is 4.38. The number of halogens is 4. The molecule has 154 valence electrons. The van der Waals surface area contributed by atoms with Crippen molar-refractivity contribution in [2.75, 3.05) is 23.9 Å². The monoisotopic (exact) mass is 414 g/mol. The number of hydrogen-bond donors (Lipinski definition) is 2. The second kappa shape index (κ2) is 7.15. The van der Waals surface area contributed by atoms with Crippen LogP contribution in [0.1, 0.15) is 5.56 Å². The molecule has 0 aliphatic carbocycles. The SMILES string of the molecule is COc1cccc2c1NC(=O)OC2(CN(C(=O)O)c1ccc(F)cc1)C(F)(F)F. The Morgan fingerprint density at radius 1 is 1.24 bits per heavy atom. The lowest BCUT2D eigenvalue weighted by Gasteiger charge is -2.41. The molecule has 0 bridgehead atoms. The van der Waals surface area contributed by atoms with E-state index in [9.17, 15) is 32.3 Å². The molecule has 2 amide bonds. The van der Waals surface area contributed by atoms with Crippen LogP contribution in [0.2, 0.25) is 0 Å². The second-order valence-electron chi connectivity index (χ2n) is 6.07. The van der Waals surface area contributed by atoms with Gasteiger partial charge in [-0.1, -0.05) is 12.1 Å². The zero-order valence-corrected chi connectivity index (χ0v) is 14.8. The van der Waals surface area contributed by atoms with Gasteiger partial charge in [-0.3, -0.25) is 10.2 Å². The molecule has 2 aromatic carbocycles. The van der Waals surface area contributed by atoms with E-state index in [1.54, 1.807) is 0 Å². The Hall–Kier alpha value is -3.50. The predicted octanol–water partition coefficient (Wildman–Crippen LogP) is 4.34. The molecule has 0 fully saturated rings. The molecule has 29 heavy (non-hydrogen) atoms. The van der Waals surface area contributed by atoms with Crippen LogP contribution < -0.4 is 15.0 Å². The van der Waals surface area contributed by atoms with Gasteiger partial charge in [-0.05, 0) is 30.3 Å². The molecule has 7 nitrogen and oxygen atoms in total. The number of ether oxygens (including phenoxy) is 2. The zero-order valence-electron chi connectivity index (χ0n) is 14.8. The minimum Gasteiger partial charge on any atom is -0.495 e. The average Bonchev–Trinajstić information content (AvgIpc) is 2.65. The Labute approximate surface area is 161 Å². The molecule has 2 aromatic rings. The van der Waals surface area contributed by atoms with Gasteiger partial charge in [0.1, 0.15) is 11.6 Å². The Morgan fingerprint density at radius 3 is 2.45 bits per heavy atom. The van der Waals surface area contributed by atoms with Crippen LogP contribution in [0.25, 0.3) is 0 Å². The quantitative estimate of drug-likeness (QED) is 0.727. The largest absolute Gasteiger partial charge is 0.495 e. The fourth-order valence-corrected chi connectivity index (χ4v) is 3.04. The van der Waals surface area contributed by atoms with Crippen molar-refractivity contribution < 1.29 is 41.7 Å². The molecule has 11 heteroatoms. The molecule has 1 unspecified atom stereocenters. The third kappa shape index (κ3) is 3.50. The molecule has 0 spiro atoms. The van der Waals surface area contributed by atoms with Crippen LogP contribution in [0.5, 0.6) is 5.75 Å². The summed E-state index contributed by atoms with van der Waals surface area (Å²) < 4.78 is 65.6. The third-order valence-corrected chi connectivity index (χ3v) is 4.38. The lowest BCUT2D eigenvalue weighted by molar-refractivity contribution is -0.260. The number of methoxy groups -OCH3 is 1. The number of rotatable bonds is 4. The summed E-state index contributed by atoms with van der Waals surface area (Å²) in [4.78, 5) is 24.0. The number of carboxylic acid groups (broad SMARTS) is 1. The van der Waals surface area contributed by atoms with Crippen LogP contribution in [-0.2, 0) is 10.3 Å². The highest BCUT2D eigenvalue weighted by Crippen LogP contribution is 2.50. The summed E-state index contributed by atoms with van der Waals surface area (Å²) in [6.45, 7) is -1.31. The summed E-state index contributed by atoms with van der Waals surface area (Å²) in [5, 5.41) is 11.7. The van der Waals surface area contributed by atoms with Crippen LogP contribution in [0, 0.1) is 5.82 Å². The number of hydrogen-bond acceptors (Lipinski definition) is 4. The minimum absolute atomic E-state index is 0.0589. The number of benzene rings is 2. The van der Waals surface area contributed by atoms with Crippen LogP contribution in [-0.4, -0.2) is 37.1 Å². The molecule has 0 aromatic heterocycles. The molecule has 0 saturated heterocycles. The van der Waals surface area contributed by atoms with Gasteiger partial charge in [0.25, 0.3) is 5.60 Å². The summed E-state index contributed by atoms with van der Waals surface area (Å²) >= 11 is 0. The number of carbonyl (C=O) groups is 2. The first-order valence-electron chi connectivity index (χ1n) is 8.09. The van der Waals surface area contributed by atoms with Gasteiger partial charge in [-0.25, -0.2) is 14.0 Å². The first-order valence-corrected chi connectivity index (χ1v) is 8.09. The maximum atomic E-state index is 14.3. The van der Waals surface area contributed by atoms with E-state index in [4.69, 9.17) is 4.74 Å². The van der Waals surface area contributed by atoms with Crippen molar-refractivity contribution in [3.63, 3.8) is 0 Å². The summed E-state index contributed by atoms with van der Waals surface area (Å²) in [7, 11) is 1.20. The van der Waals surface area contributed by atoms with Crippen molar-refractivity contribution in [3.8, 4) is 5.75 Å². The van der Waals surface area contributed by atoms with Crippen LogP contribution in [0.3, 0.4) is 0 Å². The van der Waals surface area contributed by atoms with Gasteiger partial charge >= 0.3 is 18.4 Å². The zero-order chi connectivity index (χ0) is 21.4. The second-order valence-corrected chi connectivity index (χ2v) is 6.07. The van der Waals surface area contributed by atoms with Crippen molar-refractivity contribution in [2.24, 2.45) is 0 Å². The Morgan fingerprint density at radius 2 is 1.90 bits per heavy atom. The topological polar surface area (TPSA) is 88.1 Å². The van der Waals surface area contributed by atoms with Crippen molar-refractivity contribution in [1.29, 1.82) is 0 Å². The Kier molecular flexibility index (Phi) is 4.99. The number of nitrogens with one attached hydrogen (secondary N) is 1. The molecule has 1 aliphatic rings. The van der Waals surface area contributed by atoms with Crippen LogP contribution in [0.4, 0.5) is 38.5 Å². The molecule has 2 N–H and O–H groups in total. The highest BCUT2D eigenvalue weighted by molar-refractivity contribution is 5.92. The van der Waals surface area contributed by atoms with E-state index < -0.39 is 41.9 Å². The van der Waals surface area contributed by atoms with Gasteiger partial charge < -0.3 is 14.6 Å². The van der Waals surface area contributed by atoms with Crippen LogP contribution in [0.15, 0.2) is 42.5 Å². The normalized spacial score (nSPS) is 18.3. The summed E-state index contributed by atoms with van der Waals surface area (Å²) in [6.07, 6.45) is -8.37. The number of fused-ring (bicyclic) bond motifs is 1. The number of para-hydroxylation sites is 1. The first-order chi connectivity index (χ1) is 13.6. The highest BCUT2D eigenvalue weighted by Gasteiger charge is 2.64. The van der Waals surface area contributed by atoms with E-state index in [1.165, 1.54) is 19.2 Å². The average molecular weight is 414 g/mol. The number of amides is 2. The van der Waals surface area contributed by atoms with E-state index in [0.717, 1.165) is 30.3 Å². The van der Waals surface area contributed by atoms with E-state index in [2.05, 4.69) is 10.1 Å². The number of cyclic esters (lactones) is 1. The number of alkyl halides is 3. The minimum atomic E-state index is -5.19. The van der Waals surface area contributed by atoms with Crippen molar-refractivity contribution in [3.05, 3.63) is 53.8 Å². The van der Waals surface area contributed by atoms with E-state index in [-0.39, 0.29) is 17.1 Å². The van der Waals surface area contributed by atoms with Gasteiger partial charge in [-0.2, -0.15) is 13.2 Å². The fourth-order valence-electron chi connectivity index (χ4n) is 3.04. The summed E-state index contributed by atoms with van der Waals surface area (Å²) in [6, 6.07) is 7.44.